The highest BCUT2D eigenvalue weighted by Gasteiger charge is 2.33. The molecule has 0 fully saturated rings. The second kappa shape index (κ2) is 6.93. The summed E-state index contributed by atoms with van der Waals surface area (Å²) in [7, 11) is 1.44. The molecule has 1 amide bonds. The molecule has 0 aliphatic heterocycles. The van der Waals surface area contributed by atoms with Gasteiger partial charge < -0.3 is 10.1 Å². The largest absolute Gasteiger partial charge is 0.359 e. The predicted octanol–water partition coefficient (Wildman–Crippen LogP) is 1.84. The third-order valence-electron chi connectivity index (χ3n) is 3.17. The van der Waals surface area contributed by atoms with E-state index in [-0.39, 0.29) is 18.0 Å². The molecule has 5 heteroatoms. The van der Waals surface area contributed by atoms with Crippen LogP contribution in [0.2, 0.25) is 0 Å². The van der Waals surface area contributed by atoms with E-state index in [1.807, 2.05) is 0 Å². The number of ketones is 2. The predicted molar refractivity (Wildman–Crippen MR) is 72.7 cm³/mol. The number of carbonyl (C=O) groups is 3. The van der Waals surface area contributed by atoms with Crippen LogP contribution in [-0.4, -0.2) is 24.5 Å². The maximum Gasteiger partial charge on any atom is 0.230 e. The molecular formula is C15H18FNO3. The summed E-state index contributed by atoms with van der Waals surface area (Å²) in [5, 5.41) is 2.44. The highest BCUT2D eigenvalue weighted by atomic mass is 19.1. The van der Waals surface area contributed by atoms with E-state index in [1.165, 1.54) is 45.2 Å². The van der Waals surface area contributed by atoms with Gasteiger partial charge >= 0.3 is 0 Å². The van der Waals surface area contributed by atoms with Crippen LogP contribution in [-0.2, 0) is 14.4 Å². The average molecular weight is 279 g/mol. The summed E-state index contributed by atoms with van der Waals surface area (Å²) >= 11 is 0. The Hall–Kier alpha value is -2.04. The quantitative estimate of drug-likeness (QED) is 0.808. The first kappa shape index (κ1) is 16.0. The molecular weight excluding hydrogens is 261 g/mol. The summed E-state index contributed by atoms with van der Waals surface area (Å²) in [6.45, 7) is 2.72. The Bertz CT molecular complexity index is 510. The number of rotatable bonds is 6. The van der Waals surface area contributed by atoms with Gasteiger partial charge in [0.05, 0.1) is 0 Å². The van der Waals surface area contributed by atoms with Crippen molar-refractivity contribution in [2.24, 2.45) is 5.92 Å². The van der Waals surface area contributed by atoms with Crippen molar-refractivity contribution in [2.45, 2.75) is 26.2 Å². The van der Waals surface area contributed by atoms with Crippen molar-refractivity contribution < 1.29 is 18.8 Å². The monoisotopic (exact) mass is 279 g/mol. The van der Waals surface area contributed by atoms with E-state index in [9.17, 15) is 18.8 Å². The van der Waals surface area contributed by atoms with Gasteiger partial charge in [0.15, 0.2) is 0 Å². The van der Waals surface area contributed by atoms with Crippen LogP contribution in [0.3, 0.4) is 0 Å². The second-order valence-electron chi connectivity index (χ2n) is 4.77. The van der Waals surface area contributed by atoms with Gasteiger partial charge in [-0.15, -0.1) is 0 Å². The van der Waals surface area contributed by atoms with Gasteiger partial charge in [0.25, 0.3) is 0 Å². The second-order valence-corrected chi connectivity index (χ2v) is 4.77. The number of amides is 1. The Labute approximate surface area is 117 Å². The topological polar surface area (TPSA) is 63.2 Å². The van der Waals surface area contributed by atoms with Crippen LogP contribution in [0.25, 0.3) is 0 Å². The Morgan fingerprint density at radius 3 is 2.10 bits per heavy atom. The lowest BCUT2D eigenvalue weighted by molar-refractivity contribution is -0.133. The molecule has 0 saturated heterocycles. The standard InChI is InChI=1S/C15H18FNO3/c1-9(18)8-13(11-4-6-12(16)7-5-11)14(10(2)19)15(20)17-3/h4-7,13-14H,8H2,1-3H3,(H,17,20). The molecule has 4 nitrogen and oxygen atoms in total. The molecule has 0 aromatic heterocycles. The zero-order valence-corrected chi connectivity index (χ0v) is 11.8. The van der Waals surface area contributed by atoms with E-state index in [2.05, 4.69) is 5.32 Å². The Morgan fingerprint density at radius 2 is 1.70 bits per heavy atom. The Balaban J connectivity index is 3.21. The molecule has 2 atom stereocenters. The van der Waals surface area contributed by atoms with Gasteiger partial charge in [-0.3, -0.25) is 9.59 Å². The smallest absolute Gasteiger partial charge is 0.230 e. The maximum absolute atomic E-state index is 13.0. The molecule has 0 aliphatic carbocycles. The number of hydrogen-bond acceptors (Lipinski definition) is 3. The summed E-state index contributed by atoms with van der Waals surface area (Å²) in [6.07, 6.45) is 0.0588. The first-order valence-corrected chi connectivity index (χ1v) is 6.33. The lowest BCUT2D eigenvalue weighted by atomic mass is 9.80. The Morgan fingerprint density at radius 1 is 1.15 bits per heavy atom. The SMILES string of the molecule is CNC(=O)C(C(C)=O)C(CC(C)=O)c1ccc(F)cc1. The van der Waals surface area contributed by atoms with Crippen molar-refractivity contribution in [1.82, 2.24) is 5.32 Å². The zero-order chi connectivity index (χ0) is 15.3. The number of Topliss-reactive ketones (excluding diaryl/α,β-unsaturated/α-hetero) is 2. The normalized spacial score (nSPS) is 13.4. The molecule has 0 aliphatic rings. The molecule has 108 valence electrons. The minimum atomic E-state index is -0.950. The number of nitrogens with one attached hydrogen (secondary N) is 1. The van der Waals surface area contributed by atoms with E-state index < -0.39 is 23.6 Å². The van der Waals surface area contributed by atoms with Crippen molar-refractivity contribution in [3.05, 3.63) is 35.6 Å². The van der Waals surface area contributed by atoms with Gasteiger partial charge in [0.1, 0.15) is 23.3 Å². The zero-order valence-electron chi connectivity index (χ0n) is 11.8. The van der Waals surface area contributed by atoms with Gasteiger partial charge in [-0.1, -0.05) is 12.1 Å². The van der Waals surface area contributed by atoms with E-state index in [0.29, 0.717) is 5.56 Å². The number of benzene rings is 1. The van der Waals surface area contributed by atoms with Gasteiger partial charge in [0, 0.05) is 19.4 Å². The molecule has 0 saturated carbocycles. The van der Waals surface area contributed by atoms with Crippen LogP contribution in [0, 0.1) is 11.7 Å². The minimum absolute atomic E-state index is 0.0588. The molecule has 1 aromatic carbocycles. The third-order valence-corrected chi connectivity index (χ3v) is 3.17. The molecule has 1 N–H and O–H groups in total. The van der Waals surface area contributed by atoms with Crippen LogP contribution < -0.4 is 5.32 Å². The van der Waals surface area contributed by atoms with Gasteiger partial charge in [0.2, 0.25) is 5.91 Å². The lowest BCUT2D eigenvalue weighted by Gasteiger charge is -2.23. The number of halogens is 1. The molecule has 0 bridgehead atoms. The van der Waals surface area contributed by atoms with Crippen molar-refractivity contribution >= 4 is 17.5 Å². The average Bonchev–Trinajstić information content (AvgIpc) is 2.37. The van der Waals surface area contributed by atoms with Crippen molar-refractivity contribution in [3.63, 3.8) is 0 Å². The molecule has 20 heavy (non-hydrogen) atoms. The molecule has 2 unspecified atom stereocenters. The number of carbonyl (C=O) groups excluding carboxylic acids is 3. The first-order chi connectivity index (χ1) is 9.36. The van der Waals surface area contributed by atoms with E-state index in [1.54, 1.807) is 0 Å². The fourth-order valence-corrected chi connectivity index (χ4v) is 2.25. The molecule has 0 heterocycles. The fraction of sp³-hybridized carbons (Fsp3) is 0.400. The third kappa shape index (κ3) is 3.98. The van der Waals surface area contributed by atoms with Crippen LogP contribution in [0.4, 0.5) is 4.39 Å². The van der Waals surface area contributed by atoms with Gasteiger partial charge in [-0.25, -0.2) is 4.39 Å². The van der Waals surface area contributed by atoms with Gasteiger partial charge in [-0.2, -0.15) is 0 Å². The van der Waals surface area contributed by atoms with Crippen LogP contribution in [0.15, 0.2) is 24.3 Å². The maximum atomic E-state index is 13.0. The first-order valence-electron chi connectivity index (χ1n) is 6.33. The molecule has 1 rings (SSSR count). The van der Waals surface area contributed by atoms with E-state index in [4.69, 9.17) is 0 Å². The molecule has 1 aromatic rings. The summed E-state index contributed by atoms with van der Waals surface area (Å²) in [5.74, 6) is -2.82. The fourth-order valence-electron chi connectivity index (χ4n) is 2.25. The summed E-state index contributed by atoms with van der Waals surface area (Å²) in [4.78, 5) is 35.1. The number of hydrogen-bond donors (Lipinski definition) is 1. The van der Waals surface area contributed by atoms with Crippen molar-refractivity contribution in [3.8, 4) is 0 Å². The summed E-state index contributed by atoms with van der Waals surface area (Å²) < 4.78 is 13.0. The Kier molecular flexibility index (Phi) is 5.55. The molecule has 0 radical (unpaired) electrons. The summed E-state index contributed by atoms with van der Waals surface area (Å²) in [5.41, 5.74) is 0.602. The molecule has 0 spiro atoms. The van der Waals surface area contributed by atoms with Crippen LogP contribution in [0.5, 0.6) is 0 Å². The van der Waals surface area contributed by atoms with Crippen molar-refractivity contribution in [1.29, 1.82) is 0 Å². The van der Waals surface area contributed by atoms with E-state index in [0.717, 1.165) is 0 Å². The highest BCUT2D eigenvalue weighted by Crippen LogP contribution is 2.30. The summed E-state index contributed by atoms with van der Waals surface area (Å²) in [6, 6.07) is 5.51. The van der Waals surface area contributed by atoms with E-state index >= 15 is 0 Å². The highest BCUT2D eigenvalue weighted by molar-refractivity contribution is 6.01. The van der Waals surface area contributed by atoms with Crippen LogP contribution in [0.1, 0.15) is 31.7 Å². The van der Waals surface area contributed by atoms with Crippen LogP contribution >= 0.6 is 0 Å². The lowest BCUT2D eigenvalue weighted by Crippen LogP contribution is -2.37. The minimum Gasteiger partial charge on any atom is -0.359 e. The van der Waals surface area contributed by atoms with Gasteiger partial charge in [-0.05, 0) is 31.5 Å². The van der Waals surface area contributed by atoms with Crippen molar-refractivity contribution in [2.75, 3.05) is 7.05 Å².